The van der Waals surface area contributed by atoms with Crippen LogP contribution >= 0.6 is 0 Å². The van der Waals surface area contributed by atoms with Crippen LogP contribution in [0, 0.1) is 5.41 Å². The van der Waals surface area contributed by atoms with Gasteiger partial charge in [-0.25, -0.2) is 0 Å². The number of ketones is 1. The quantitative estimate of drug-likeness (QED) is 0.574. The molecule has 0 amide bonds. The van der Waals surface area contributed by atoms with Crippen LogP contribution in [0.4, 0.5) is 5.69 Å². The number of phenolic OH excluding ortho intramolecular Hbond substituents is 1. The van der Waals surface area contributed by atoms with Crippen molar-refractivity contribution < 1.29 is 9.90 Å². The number of phenols is 1. The molecule has 3 nitrogen and oxygen atoms in total. The van der Waals surface area contributed by atoms with Crippen LogP contribution in [0.1, 0.15) is 43.7 Å². The molecule has 28 heavy (non-hydrogen) atoms. The lowest BCUT2D eigenvalue weighted by molar-refractivity contribution is -0.118. The minimum absolute atomic E-state index is 0.0549. The van der Waals surface area contributed by atoms with E-state index in [-0.39, 0.29) is 22.9 Å². The number of aromatic hydroxyl groups is 1. The minimum atomic E-state index is -0.173. The highest BCUT2D eigenvalue weighted by atomic mass is 16.3. The number of hydrogen-bond acceptors (Lipinski definition) is 3. The third-order valence-electron chi connectivity index (χ3n) is 5.96. The van der Waals surface area contributed by atoms with Crippen LogP contribution < -0.4 is 5.32 Å². The Morgan fingerprint density at radius 2 is 1.82 bits per heavy atom. The lowest BCUT2D eigenvalue weighted by atomic mass is 9.68. The van der Waals surface area contributed by atoms with E-state index in [4.69, 9.17) is 0 Å². The zero-order valence-corrected chi connectivity index (χ0v) is 16.1. The van der Waals surface area contributed by atoms with Crippen LogP contribution in [0.25, 0.3) is 10.8 Å². The molecule has 2 aliphatic rings. The number of benzene rings is 3. The molecule has 0 unspecified atom stereocenters. The molecular formula is C25H23NO2. The van der Waals surface area contributed by atoms with Crippen LogP contribution in [0.3, 0.4) is 0 Å². The maximum atomic E-state index is 13.3. The monoisotopic (exact) mass is 369 g/mol. The van der Waals surface area contributed by atoms with Gasteiger partial charge in [0.1, 0.15) is 5.75 Å². The first-order chi connectivity index (χ1) is 13.4. The Bertz CT molecular complexity index is 1160. The SMILES string of the molecule is CC1(C)CC(=O)C2=C(C1)Nc1ccc3ccccc3c1[C@@H]2c1cccc(O)c1. The first-order valence-corrected chi connectivity index (χ1v) is 9.77. The van der Waals surface area contributed by atoms with Crippen molar-refractivity contribution in [2.75, 3.05) is 5.32 Å². The zero-order valence-electron chi connectivity index (χ0n) is 16.1. The predicted octanol–water partition coefficient (Wildman–Crippen LogP) is 5.75. The summed E-state index contributed by atoms with van der Waals surface area (Å²) in [7, 11) is 0. The number of nitrogens with one attached hydrogen (secondary N) is 1. The Hall–Kier alpha value is -3.07. The summed E-state index contributed by atoms with van der Waals surface area (Å²) >= 11 is 0. The number of hydrogen-bond donors (Lipinski definition) is 2. The van der Waals surface area contributed by atoms with Crippen LogP contribution in [0.5, 0.6) is 5.75 Å². The third-order valence-corrected chi connectivity index (χ3v) is 5.96. The fourth-order valence-electron chi connectivity index (χ4n) is 4.84. The van der Waals surface area contributed by atoms with Crippen LogP contribution in [-0.4, -0.2) is 10.9 Å². The summed E-state index contributed by atoms with van der Waals surface area (Å²) in [6, 6.07) is 19.9. The van der Waals surface area contributed by atoms with Crippen LogP contribution in [0.2, 0.25) is 0 Å². The summed E-state index contributed by atoms with van der Waals surface area (Å²) in [4.78, 5) is 13.3. The van der Waals surface area contributed by atoms with Crippen molar-refractivity contribution in [2.24, 2.45) is 5.41 Å². The fourth-order valence-corrected chi connectivity index (χ4v) is 4.84. The number of carbonyl (C=O) groups excluding carboxylic acids is 1. The third kappa shape index (κ3) is 2.62. The average Bonchev–Trinajstić information content (AvgIpc) is 2.65. The highest BCUT2D eigenvalue weighted by Crippen LogP contribution is 2.51. The van der Waals surface area contributed by atoms with Gasteiger partial charge in [0.05, 0.1) is 0 Å². The first-order valence-electron chi connectivity index (χ1n) is 9.77. The Labute approximate surface area is 164 Å². The molecule has 5 rings (SSSR count). The van der Waals surface area contributed by atoms with E-state index in [2.05, 4.69) is 43.4 Å². The molecule has 3 aromatic rings. The second-order valence-corrected chi connectivity index (χ2v) is 8.73. The summed E-state index contributed by atoms with van der Waals surface area (Å²) in [5.74, 6) is 0.252. The van der Waals surface area contributed by atoms with Gasteiger partial charge in [-0.15, -0.1) is 0 Å². The van der Waals surface area contributed by atoms with Gasteiger partial charge in [0.15, 0.2) is 5.78 Å². The van der Waals surface area contributed by atoms with Crippen molar-refractivity contribution in [3.05, 3.63) is 83.1 Å². The van der Waals surface area contributed by atoms with Crippen molar-refractivity contribution >= 4 is 22.2 Å². The predicted molar refractivity (Wildman–Crippen MR) is 113 cm³/mol. The summed E-state index contributed by atoms with van der Waals surface area (Å²) in [5.41, 5.74) is 4.96. The molecule has 0 spiro atoms. The number of Topliss-reactive ketones (excluding diaryl/α,β-unsaturated/α-hetero) is 1. The molecule has 0 aromatic heterocycles. The maximum Gasteiger partial charge on any atom is 0.162 e. The lowest BCUT2D eigenvalue weighted by Crippen LogP contribution is -2.33. The fraction of sp³-hybridized carbons (Fsp3) is 0.240. The van der Waals surface area contributed by atoms with Crippen molar-refractivity contribution in [2.45, 2.75) is 32.6 Å². The highest BCUT2D eigenvalue weighted by Gasteiger charge is 2.41. The molecule has 1 aliphatic heterocycles. The standard InChI is InChI=1S/C25H23NO2/c1-25(2)13-20-24(21(28)14-25)22(16-7-5-8-17(27)12-16)23-18-9-4-3-6-15(18)10-11-19(23)26-20/h3-12,22,26-27H,13-14H2,1-2H3/t22-/m0/s1. The second-order valence-electron chi connectivity index (χ2n) is 8.73. The van der Waals surface area contributed by atoms with E-state index >= 15 is 0 Å². The van der Waals surface area contributed by atoms with E-state index in [0.717, 1.165) is 45.3 Å². The van der Waals surface area contributed by atoms with Gasteiger partial charge in [0.25, 0.3) is 0 Å². The first kappa shape index (κ1) is 17.1. The molecule has 1 atom stereocenters. The molecule has 2 N–H and O–H groups in total. The Balaban J connectivity index is 1.83. The van der Waals surface area contributed by atoms with Gasteiger partial charge in [0, 0.05) is 29.3 Å². The molecule has 3 aromatic carbocycles. The van der Waals surface area contributed by atoms with Crippen molar-refractivity contribution in [3.8, 4) is 5.75 Å². The Morgan fingerprint density at radius 1 is 1.00 bits per heavy atom. The molecule has 0 radical (unpaired) electrons. The molecule has 1 heterocycles. The molecule has 140 valence electrons. The van der Waals surface area contributed by atoms with E-state index in [1.54, 1.807) is 12.1 Å². The van der Waals surface area contributed by atoms with E-state index in [0.29, 0.717) is 6.42 Å². The summed E-state index contributed by atoms with van der Waals surface area (Å²) < 4.78 is 0. The topological polar surface area (TPSA) is 49.3 Å². The largest absolute Gasteiger partial charge is 0.508 e. The number of fused-ring (bicyclic) bond motifs is 3. The number of rotatable bonds is 1. The molecule has 0 fully saturated rings. The molecule has 0 bridgehead atoms. The number of carbonyl (C=O) groups is 1. The van der Waals surface area contributed by atoms with Gasteiger partial charge >= 0.3 is 0 Å². The minimum Gasteiger partial charge on any atom is -0.508 e. The number of anilines is 1. The molecule has 0 saturated carbocycles. The van der Waals surface area contributed by atoms with Crippen LogP contribution in [-0.2, 0) is 4.79 Å². The van der Waals surface area contributed by atoms with Crippen molar-refractivity contribution in [3.63, 3.8) is 0 Å². The highest BCUT2D eigenvalue weighted by molar-refractivity contribution is 6.04. The summed E-state index contributed by atoms with van der Waals surface area (Å²) in [6.07, 6.45) is 1.39. The van der Waals surface area contributed by atoms with Crippen molar-refractivity contribution in [1.82, 2.24) is 0 Å². The van der Waals surface area contributed by atoms with Crippen molar-refractivity contribution in [1.29, 1.82) is 0 Å². The second kappa shape index (κ2) is 5.96. The van der Waals surface area contributed by atoms with Gasteiger partial charge in [-0.05, 0) is 51.9 Å². The van der Waals surface area contributed by atoms with E-state index in [9.17, 15) is 9.90 Å². The van der Waals surface area contributed by atoms with Crippen LogP contribution in [0.15, 0.2) is 71.9 Å². The number of allylic oxidation sites excluding steroid dienone is 2. The molecular weight excluding hydrogens is 346 g/mol. The lowest BCUT2D eigenvalue weighted by Gasteiger charge is -2.40. The van der Waals surface area contributed by atoms with E-state index in [1.165, 1.54) is 0 Å². The smallest absolute Gasteiger partial charge is 0.162 e. The van der Waals surface area contributed by atoms with Gasteiger partial charge in [-0.1, -0.05) is 56.3 Å². The van der Waals surface area contributed by atoms with Gasteiger partial charge < -0.3 is 10.4 Å². The molecule has 3 heteroatoms. The summed E-state index contributed by atoms with van der Waals surface area (Å²) in [6.45, 7) is 4.30. The van der Waals surface area contributed by atoms with E-state index < -0.39 is 0 Å². The van der Waals surface area contributed by atoms with Gasteiger partial charge in [-0.2, -0.15) is 0 Å². The Kier molecular flexibility index (Phi) is 3.63. The van der Waals surface area contributed by atoms with Gasteiger partial charge in [-0.3, -0.25) is 4.79 Å². The normalized spacial score (nSPS) is 20.5. The molecule has 1 aliphatic carbocycles. The zero-order chi connectivity index (χ0) is 19.5. The Morgan fingerprint density at radius 3 is 2.64 bits per heavy atom. The van der Waals surface area contributed by atoms with Gasteiger partial charge in [0.2, 0.25) is 0 Å². The van der Waals surface area contributed by atoms with E-state index in [1.807, 2.05) is 24.3 Å². The molecule has 0 saturated heterocycles. The maximum absolute atomic E-state index is 13.3. The average molecular weight is 369 g/mol. The summed E-state index contributed by atoms with van der Waals surface area (Å²) in [5, 5.41) is 16.0.